The Morgan fingerprint density at radius 2 is 1.77 bits per heavy atom. The summed E-state index contributed by atoms with van der Waals surface area (Å²) in [5.41, 5.74) is 0.717. The van der Waals surface area contributed by atoms with E-state index in [0.29, 0.717) is 19.6 Å². The van der Waals surface area contributed by atoms with E-state index in [4.69, 9.17) is 9.47 Å². The first-order valence-electron chi connectivity index (χ1n) is 11.4. The fourth-order valence-corrected chi connectivity index (χ4v) is 4.96. The molecule has 2 aromatic rings. The number of aromatic nitrogens is 2. The highest BCUT2D eigenvalue weighted by Crippen LogP contribution is 2.33. The maximum Gasteiger partial charge on any atom is 0.225 e. The number of amides is 1. The second-order valence-corrected chi connectivity index (χ2v) is 8.75. The maximum absolute atomic E-state index is 12.7. The molecule has 3 aliphatic heterocycles. The highest BCUT2D eigenvalue weighted by atomic mass is 16.5. The minimum absolute atomic E-state index is 0.217. The van der Waals surface area contributed by atoms with Gasteiger partial charge in [-0.25, -0.2) is 9.97 Å². The number of morpholine rings is 1. The Labute approximate surface area is 183 Å². The summed E-state index contributed by atoms with van der Waals surface area (Å²) in [6.45, 7) is 8.09. The van der Waals surface area contributed by atoms with Crippen molar-refractivity contribution in [2.24, 2.45) is 0 Å². The predicted octanol–water partition coefficient (Wildman–Crippen LogP) is 1.55. The number of anilines is 1. The van der Waals surface area contributed by atoms with E-state index < -0.39 is 0 Å². The van der Waals surface area contributed by atoms with Crippen LogP contribution in [0.25, 0.3) is 10.9 Å². The van der Waals surface area contributed by atoms with E-state index >= 15 is 0 Å². The van der Waals surface area contributed by atoms with Gasteiger partial charge in [-0.2, -0.15) is 0 Å². The second-order valence-electron chi connectivity index (χ2n) is 8.75. The Kier molecular flexibility index (Phi) is 6.02. The molecule has 1 aromatic heterocycles. The molecule has 1 spiro atoms. The monoisotopic (exact) mass is 425 g/mol. The molecule has 5 rings (SSSR count). The molecular weight excluding hydrogens is 394 g/mol. The normalized spacial score (nSPS) is 22.8. The molecule has 3 saturated heterocycles. The Morgan fingerprint density at radius 3 is 2.61 bits per heavy atom. The van der Waals surface area contributed by atoms with Crippen molar-refractivity contribution in [1.29, 1.82) is 0 Å². The summed E-state index contributed by atoms with van der Waals surface area (Å²) >= 11 is 0. The van der Waals surface area contributed by atoms with Crippen LogP contribution in [0.1, 0.15) is 19.3 Å². The van der Waals surface area contributed by atoms with Gasteiger partial charge in [-0.15, -0.1) is 0 Å². The van der Waals surface area contributed by atoms with Gasteiger partial charge in [-0.1, -0.05) is 12.1 Å². The summed E-state index contributed by atoms with van der Waals surface area (Å²) in [6, 6.07) is 8.15. The molecular formula is C23H31N5O3. The van der Waals surface area contributed by atoms with Gasteiger partial charge in [0, 0.05) is 51.2 Å². The van der Waals surface area contributed by atoms with E-state index in [0.717, 1.165) is 82.0 Å². The third kappa shape index (κ3) is 4.51. The zero-order chi connectivity index (χ0) is 21.1. The lowest BCUT2D eigenvalue weighted by Gasteiger charge is -2.43. The lowest BCUT2D eigenvalue weighted by Crippen LogP contribution is -2.53. The van der Waals surface area contributed by atoms with Crippen LogP contribution in [0.2, 0.25) is 0 Å². The summed E-state index contributed by atoms with van der Waals surface area (Å²) in [7, 11) is 0. The van der Waals surface area contributed by atoms with Gasteiger partial charge in [0.25, 0.3) is 0 Å². The van der Waals surface area contributed by atoms with E-state index in [1.54, 1.807) is 6.33 Å². The van der Waals surface area contributed by atoms with Gasteiger partial charge in [0.05, 0.1) is 37.4 Å². The van der Waals surface area contributed by atoms with Crippen molar-refractivity contribution >= 4 is 22.6 Å². The molecule has 0 aliphatic carbocycles. The number of piperidine rings is 1. The first-order chi connectivity index (χ1) is 15.2. The molecule has 1 amide bonds. The van der Waals surface area contributed by atoms with E-state index in [-0.39, 0.29) is 11.5 Å². The van der Waals surface area contributed by atoms with E-state index in [9.17, 15) is 4.79 Å². The molecule has 3 fully saturated rings. The van der Waals surface area contributed by atoms with Crippen LogP contribution in [-0.2, 0) is 14.3 Å². The molecule has 0 saturated carbocycles. The molecule has 3 aliphatic rings. The molecule has 0 radical (unpaired) electrons. The minimum Gasteiger partial charge on any atom is -0.379 e. The number of nitrogens with zero attached hydrogens (tertiary/aromatic N) is 5. The van der Waals surface area contributed by atoms with Crippen LogP contribution in [0.15, 0.2) is 30.6 Å². The fourth-order valence-electron chi connectivity index (χ4n) is 4.96. The summed E-state index contributed by atoms with van der Waals surface area (Å²) in [5, 5.41) is 1.09. The van der Waals surface area contributed by atoms with Gasteiger partial charge >= 0.3 is 0 Å². The SMILES string of the molecule is O=C1CCOC2(CCN(c3ncnc4ccccc34)CC2)CN1CCN1CCOCC1. The number of ether oxygens (including phenoxy) is 2. The summed E-state index contributed by atoms with van der Waals surface area (Å²) in [4.78, 5) is 28.5. The van der Waals surface area contributed by atoms with Crippen molar-refractivity contribution in [3.05, 3.63) is 30.6 Å². The van der Waals surface area contributed by atoms with Crippen LogP contribution in [-0.4, -0.2) is 96.9 Å². The van der Waals surface area contributed by atoms with Gasteiger partial charge in [0.1, 0.15) is 12.1 Å². The average Bonchev–Trinajstić information content (AvgIpc) is 2.97. The van der Waals surface area contributed by atoms with Crippen LogP contribution in [0.5, 0.6) is 0 Å². The summed E-state index contributed by atoms with van der Waals surface area (Å²) < 4.78 is 11.8. The van der Waals surface area contributed by atoms with Crippen LogP contribution in [0, 0.1) is 0 Å². The molecule has 8 heteroatoms. The zero-order valence-corrected chi connectivity index (χ0v) is 18.0. The quantitative estimate of drug-likeness (QED) is 0.736. The van der Waals surface area contributed by atoms with Crippen molar-refractivity contribution in [3.8, 4) is 0 Å². The molecule has 8 nitrogen and oxygen atoms in total. The van der Waals surface area contributed by atoms with Crippen molar-refractivity contribution in [2.45, 2.75) is 24.9 Å². The van der Waals surface area contributed by atoms with Crippen LogP contribution >= 0.6 is 0 Å². The van der Waals surface area contributed by atoms with E-state index in [1.807, 2.05) is 23.1 Å². The number of benzene rings is 1. The van der Waals surface area contributed by atoms with Crippen LogP contribution in [0.3, 0.4) is 0 Å². The third-order valence-electron chi connectivity index (χ3n) is 6.84. The number of carbonyl (C=O) groups excluding carboxylic acids is 1. The molecule has 31 heavy (non-hydrogen) atoms. The van der Waals surface area contributed by atoms with Crippen molar-refractivity contribution < 1.29 is 14.3 Å². The van der Waals surface area contributed by atoms with E-state index in [2.05, 4.69) is 25.8 Å². The number of rotatable bonds is 4. The maximum atomic E-state index is 12.7. The van der Waals surface area contributed by atoms with Crippen LogP contribution < -0.4 is 4.90 Å². The lowest BCUT2D eigenvalue weighted by molar-refractivity contribution is -0.131. The molecule has 166 valence electrons. The fraction of sp³-hybridized carbons (Fsp3) is 0.609. The lowest BCUT2D eigenvalue weighted by atomic mass is 9.90. The van der Waals surface area contributed by atoms with Gasteiger partial charge in [-0.3, -0.25) is 9.69 Å². The molecule has 0 unspecified atom stereocenters. The minimum atomic E-state index is -0.253. The molecule has 1 aromatic carbocycles. The summed E-state index contributed by atoms with van der Waals surface area (Å²) in [5.74, 6) is 1.21. The first-order valence-corrected chi connectivity index (χ1v) is 11.4. The number of para-hydroxylation sites is 1. The average molecular weight is 426 g/mol. The number of fused-ring (bicyclic) bond motifs is 1. The number of hydrogen-bond donors (Lipinski definition) is 0. The Balaban J connectivity index is 1.25. The van der Waals surface area contributed by atoms with Crippen molar-refractivity contribution in [1.82, 2.24) is 19.8 Å². The molecule has 4 heterocycles. The Bertz CT molecular complexity index is 904. The zero-order valence-electron chi connectivity index (χ0n) is 18.0. The Hall–Kier alpha value is -2.29. The van der Waals surface area contributed by atoms with Gasteiger partial charge in [0.2, 0.25) is 5.91 Å². The van der Waals surface area contributed by atoms with Crippen molar-refractivity contribution in [3.63, 3.8) is 0 Å². The third-order valence-corrected chi connectivity index (χ3v) is 6.84. The number of hydrogen-bond acceptors (Lipinski definition) is 7. The number of carbonyl (C=O) groups is 1. The highest BCUT2D eigenvalue weighted by Gasteiger charge is 2.40. The van der Waals surface area contributed by atoms with Gasteiger partial charge < -0.3 is 19.3 Å². The molecule has 0 N–H and O–H groups in total. The molecule has 0 atom stereocenters. The van der Waals surface area contributed by atoms with Crippen molar-refractivity contribution in [2.75, 3.05) is 70.5 Å². The summed E-state index contributed by atoms with van der Waals surface area (Å²) in [6.07, 6.45) is 3.92. The van der Waals surface area contributed by atoms with Crippen LogP contribution in [0.4, 0.5) is 5.82 Å². The van der Waals surface area contributed by atoms with Gasteiger partial charge in [-0.05, 0) is 25.0 Å². The topological polar surface area (TPSA) is 71.0 Å². The smallest absolute Gasteiger partial charge is 0.225 e. The standard InChI is InChI=1S/C23H31N5O3/c29-21-5-14-31-23(17-28(21)11-10-26-12-15-30-16-13-26)6-8-27(9-7-23)22-19-3-1-2-4-20(19)24-18-25-22/h1-4,18H,5-17H2. The second kappa shape index (κ2) is 9.06. The molecule has 0 bridgehead atoms. The largest absolute Gasteiger partial charge is 0.379 e. The highest BCUT2D eigenvalue weighted by molar-refractivity contribution is 5.89. The predicted molar refractivity (Wildman–Crippen MR) is 118 cm³/mol. The first kappa shape index (κ1) is 20.6. The van der Waals surface area contributed by atoms with Gasteiger partial charge in [0.15, 0.2) is 0 Å². The van der Waals surface area contributed by atoms with E-state index in [1.165, 1.54) is 0 Å². The Morgan fingerprint density at radius 1 is 0.968 bits per heavy atom.